The number of hydrogen-bond donors (Lipinski definition) is 1. The van der Waals surface area contributed by atoms with E-state index in [2.05, 4.69) is 5.32 Å². The first kappa shape index (κ1) is 19.9. The second-order valence-corrected chi connectivity index (χ2v) is 7.43. The minimum Gasteiger partial charge on any atom is -0.459 e. The normalized spacial score (nSPS) is 15.0. The highest BCUT2D eigenvalue weighted by Gasteiger charge is 2.35. The molecule has 1 aromatic heterocycles. The third kappa shape index (κ3) is 4.27. The molecule has 3 aromatic rings. The van der Waals surface area contributed by atoms with Gasteiger partial charge in [-0.25, -0.2) is 4.39 Å². The van der Waals surface area contributed by atoms with Crippen LogP contribution in [0, 0.1) is 5.82 Å². The van der Waals surface area contributed by atoms with Gasteiger partial charge in [0.25, 0.3) is 5.91 Å². The predicted molar refractivity (Wildman–Crippen MR) is 111 cm³/mol. The van der Waals surface area contributed by atoms with Crippen LogP contribution in [0.1, 0.15) is 47.8 Å². The molecule has 0 aliphatic heterocycles. The molecule has 1 heterocycles. The number of nitrogens with one attached hydrogen (secondary N) is 1. The highest BCUT2D eigenvalue weighted by molar-refractivity contribution is 6.08. The first-order valence-electron chi connectivity index (χ1n) is 10.1. The fraction of sp³-hybridized carbons (Fsp3) is 0.250. The first-order chi connectivity index (χ1) is 14.6. The SMILES string of the molecule is O=C(NC1CCCC1)[C@@H](c1ccccc1)N(C(=O)c1ccco1)c1ccc(F)cc1. The minimum absolute atomic E-state index is 0.0949. The molecule has 1 aliphatic carbocycles. The Morgan fingerprint density at radius 2 is 1.67 bits per heavy atom. The van der Waals surface area contributed by atoms with Crippen molar-refractivity contribution in [3.8, 4) is 0 Å². The molecule has 2 aromatic carbocycles. The molecule has 0 unspecified atom stereocenters. The van der Waals surface area contributed by atoms with Crippen molar-refractivity contribution in [1.29, 1.82) is 0 Å². The number of carbonyl (C=O) groups excluding carboxylic acids is 2. The van der Waals surface area contributed by atoms with Crippen molar-refractivity contribution in [2.75, 3.05) is 4.90 Å². The zero-order valence-corrected chi connectivity index (χ0v) is 16.5. The highest BCUT2D eigenvalue weighted by Crippen LogP contribution is 2.31. The van der Waals surface area contributed by atoms with Crippen LogP contribution in [0.5, 0.6) is 0 Å². The Kier molecular flexibility index (Phi) is 5.93. The predicted octanol–water partition coefficient (Wildman–Crippen LogP) is 4.87. The van der Waals surface area contributed by atoms with E-state index in [0.29, 0.717) is 11.3 Å². The summed E-state index contributed by atoms with van der Waals surface area (Å²) in [6.45, 7) is 0. The maximum atomic E-state index is 13.6. The number of halogens is 1. The first-order valence-corrected chi connectivity index (χ1v) is 10.1. The smallest absolute Gasteiger partial charge is 0.294 e. The number of anilines is 1. The Labute approximate surface area is 174 Å². The Bertz CT molecular complexity index is 981. The number of benzene rings is 2. The molecule has 1 saturated carbocycles. The Balaban J connectivity index is 1.78. The molecule has 5 nitrogen and oxygen atoms in total. The zero-order valence-electron chi connectivity index (χ0n) is 16.5. The average molecular weight is 406 g/mol. The summed E-state index contributed by atoms with van der Waals surface area (Å²) >= 11 is 0. The van der Waals surface area contributed by atoms with Crippen molar-refractivity contribution >= 4 is 17.5 Å². The fourth-order valence-electron chi connectivity index (χ4n) is 3.91. The van der Waals surface area contributed by atoms with E-state index in [1.165, 1.54) is 35.4 Å². The molecule has 4 rings (SSSR count). The van der Waals surface area contributed by atoms with Gasteiger partial charge in [-0.05, 0) is 54.8 Å². The topological polar surface area (TPSA) is 62.6 Å². The summed E-state index contributed by atoms with van der Waals surface area (Å²) in [5.41, 5.74) is 1.07. The van der Waals surface area contributed by atoms with E-state index >= 15 is 0 Å². The number of carbonyl (C=O) groups is 2. The second kappa shape index (κ2) is 8.95. The van der Waals surface area contributed by atoms with E-state index in [-0.39, 0.29) is 17.7 Å². The monoisotopic (exact) mass is 406 g/mol. The summed E-state index contributed by atoms with van der Waals surface area (Å²) in [6.07, 6.45) is 5.42. The van der Waals surface area contributed by atoms with Gasteiger partial charge in [-0.1, -0.05) is 43.2 Å². The number of nitrogens with zero attached hydrogens (tertiary/aromatic N) is 1. The van der Waals surface area contributed by atoms with Gasteiger partial charge in [0.05, 0.1) is 6.26 Å². The standard InChI is InChI=1S/C24H23FN2O3/c25-18-12-14-20(15-13-18)27(24(29)21-11-6-16-30-21)22(17-7-2-1-3-8-17)23(28)26-19-9-4-5-10-19/h1-3,6-8,11-16,19,22H,4-5,9-10H2,(H,26,28)/t22-/m1/s1. The Morgan fingerprint density at radius 3 is 2.30 bits per heavy atom. The van der Waals surface area contributed by atoms with Crippen LogP contribution < -0.4 is 10.2 Å². The highest BCUT2D eigenvalue weighted by atomic mass is 19.1. The second-order valence-electron chi connectivity index (χ2n) is 7.43. The van der Waals surface area contributed by atoms with Gasteiger partial charge in [0.1, 0.15) is 11.9 Å². The number of hydrogen-bond acceptors (Lipinski definition) is 3. The van der Waals surface area contributed by atoms with Gasteiger partial charge in [-0.2, -0.15) is 0 Å². The van der Waals surface area contributed by atoms with E-state index in [1.54, 1.807) is 12.1 Å². The summed E-state index contributed by atoms with van der Waals surface area (Å²) in [6, 6.07) is 17.0. The van der Waals surface area contributed by atoms with Crippen molar-refractivity contribution in [3.63, 3.8) is 0 Å². The summed E-state index contributed by atoms with van der Waals surface area (Å²) in [7, 11) is 0. The van der Waals surface area contributed by atoms with Crippen molar-refractivity contribution in [2.45, 2.75) is 37.8 Å². The maximum absolute atomic E-state index is 13.6. The van der Waals surface area contributed by atoms with Crippen molar-refractivity contribution in [1.82, 2.24) is 5.32 Å². The van der Waals surface area contributed by atoms with Gasteiger partial charge in [0.15, 0.2) is 5.76 Å². The van der Waals surface area contributed by atoms with Crippen LogP contribution in [0.4, 0.5) is 10.1 Å². The summed E-state index contributed by atoms with van der Waals surface area (Å²) < 4.78 is 18.9. The lowest BCUT2D eigenvalue weighted by Gasteiger charge is -2.31. The van der Waals surface area contributed by atoms with Crippen LogP contribution >= 0.6 is 0 Å². The molecule has 0 radical (unpaired) electrons. The Hall–Kier alpha value is -3.41. The molecule has 1 aliphatic rings. The zero-order chi connectivity index (χ0) is 20.9. The van der Waals surface area contributed by atoms with E-state index in [9.17, 15) is 14.0 Å². The van der Waals surface area contributed by atoms with Crippen LogP contribution in [-0.4, -0.2) is 17.9 Å². The fourth-order valence-corrected chi connectivity index (χ4v) is 3.91. The number of rotatable bonds is 6. The van der Waals surface area contributed by atoms with E-state index < -0.39 is 17.8 Å². The number of amides is 2. The van der Waals surface area contributed by atoms with Gasteiger partial charge in [-0.3, -0.25) is 14.5 Å². The van der Waals surface area contributed by atoms with Gasteiger partial charge in [-0.15, -0.1) is 0 Å². The molecule has 2 amide bonds. The van der Waals surface area contributed by atoms with E-state index in [4.69, 9.17) is 4.42 Å². The number of furan rings is 1. The molecule has 6 heteroatoms. The van der Waals surface area contributed by atoms with Crippen LogP contribution in [0.2, 0.25) is 0 Å². The molecule has 0 saturated heterocycles. The van der Waals surface area contributed by atoms with E-state index in [1.807, 2.05) is 30.3 Å². The molecule has 0 bridgehead atoms. The molecule has 0 spiro atoms. The molecule has 1 atom stereocenters. The minimum atomic E-state index is -0.921. The quantitative estimate of drug-likeness (QED) is 0.636. The molecule has 1 N–H and O–H groups in total. The van der Waals surface area contributed by atoms with Crippen LogP contribution in [0.25, 0.3) is 0 Å². The molecular weight excluding hydrogens is 383 g/mol. The van der Waals surface area contributed by atoms with Crippen LogP contribution in [-0.2, 0) is 4.79 Å². The van der Waals surface area contributed by atoms with Gasteiger partial charge < -0.3 is 9.73 Å². The lowest BCUT2D eigenvalue weighted by Crippen LogP contribution is -2.46. The molecular formula is C24H23FN2O3. The Morgan fingerprint density at radius 1 is 0.967 bits per heavy atom. The van der Waals surface area contributed by atoms with Crippen molar-refractivity contribution in [2.24, 2.45) is 0 Å². The van der Waals surface area contributed by atoms with Crippen molar-refractivity contribution < 1.29 is 18.4 Å². The summed E-state index contributed by atoms with van der Waals surface area (Å²) in [4.78, 5) is 28.2. The van der Waals surface area contributed by atoms with E-state index in [0.717, 1.165) is 25.7 Å². The molecule has 154 valence electrons. The average Bonchev–Trinajstić information content (AvgIpc) is 3.47. The third-order valence-corrected chi connectivity index (χ3v) is 5.38. The van der Waals surface area contributed by atoms with Crippen LogP contribution in [0.3, 0.4) is 0 Å². The summed E-state index contributed by atoms with van der Waals surface area (Å²) in [5, 5.41) is 3.10. The van der Waals surface area contributed by atoms with Crippen molar-refractivity contribution in [3.05, 3.63) is 90.1 Å². The van der Waals surface area contributed by atoms with Gasteiger partial charge in [0, 0.05) is 11.7 Å². The lowest BCUT2D eigenvalue weighted by molar-refractivity contribution is -0.123. The van der Waals surface area contributed by atoms with Gasteiger partial charge >= 0.3 is 0 Å². The summed E-state index contributed by atoms with van der Waals surface area (Å²) in [5.74, 6) is -1.05. The van der Waals surface area contributed by atoms with Crippen LogP contribution in [0.15, 0.2) is 77.4 Å². The molecule has 30 heavy (non-hydrogen) atoms. The third-order valence-electron chi connectivity index (χ3n) is 5.38. The van der Waals surface area contributed by atoms with Gasteiger partial charge in [0.2, 0.25) is 5.91 Å². The molecule has 1 fully saturated rings. The maximum Gasteiger partial charge on any atom is 0.294 e. The lowest BCUT2D eigenvalue weighted by atomic mass is 10.0. The largest absolute Gasteiger partial charge is 0.459 e.